The monoisotopic (exact) mass is 214 g/mol. The van der Waals surface area contributed by atoms with Crippen molar-refractivity contribution in [1.29, 1.82) is 0 Å². The molecule has 0 aromatic rings. The lowest BCUT2D eigenvalue weighted by Crippen LogP contribution is -2.42. The number of alkyl halides is 1. The minimum Gasteiger partial charge on any atom is -0.201 e. The Morgan fingerprint density at radius 2 is 2.00 bits per heavy atom. The number of hydrogen-bond donors (Lipinski definition) is 1. The predicted octanol–water partition coefficient (Wildman–Crippen LogP) is 0.400. The molecule has 0 amide bonds. The van der Waals surface area contributed by atoms with Crippen LogP contribution in [0.3, 0.4) is 0 Å². The first kappa shape index (κ1) is 12.2. The van der Waals surface area contributed by atoms with E-state index in [9.17, 15) is 8.42 Å². The number of halogens is 1. The smallest absolute Gasteiger partial charge is 0.201 e. The summed E-state index contributed by atoms with van der Waals surface area (Å²) in [5, 5.41) is 0. The molecule has 0 heterocycles. The fourth-order valence-corrected chi connectivity index (χ4v) is 1.87. The highest BCUT2D eigenvalue weighted by molar-refractivity contribution is 7.87. The fraction of sp³-hybridized carbons (Fsp3) is 1.00. The zero-order valence-corrected chi connectivity index (χ0v) is 9.11. The molecule has 6 heteroatoms. The molecule has 1 N–H and O–H groups in total. The van der Waals surface area contributed by atoms with Crippen molar-refractivity contribution in [2.75, 3.05) is 19.5 Å². The summed E-state index contributed by atoms with van der Waals surface area (Å²) in [6.07, 6.45) is 0. The minimum atomic E-state index is -3.32. The lowest BCUT2D eigenvalue weighted by Gasteiger charge is -2.20. The summed E-state index contributed by atoms with van der Waals surface area (Å²) in [6, 6.07) is -0.0437. The third-order valence-corrected chi connectivity index (χ3v) is 3.42. The van der Waals surface area contributed by atoms with Crippen molar-refractivity contribution in [3.05, 3.63) is 0 Å². The molecule has 0 aromatic heterocycles. The Bertz CT molecular complexity index is 216. The van der Waals surface area contributed by atoms with Crippen LogP contribution in [0, 0.1) is 0 Å². The second-order valence-corrected chi connectivity index (χ2v) is 4.89. The van der Waals surface area contributed by atoms with Crippen LogP contribution in [0.5, 0.6) is 0 Å². The largest absolute Gasteiger partial charge is 0.279 e. The van der Waals surface area contributed by atoms with Crippen LogP contribution in [0.2, 0.25) is 0 Å². The summed E-state index contributed by atoms with van der Waals surface area (Å²) in [7, 11) is -1.79. The standard InChI is InChI=1S/C6H15ClN2O2S/c1-6(2)9(3)12(10,11)8-5-4-7/h6,8H,4-5H2,1-3H3. The van der Waals surface area contributed by atoms with Gasteiger partial charge < -0.3 is 0 Å². The first-order chi connectivity index (χ1) is 5.41. The summed E-state index contributed by atoms with van der Waals surface area (Å²) >= 11 is 5.35. The maximum atomic E-state index is 11.3. The third kappa shape index (κ3) is 3.71. The lowest BCUT2D eigenvalue weighted by atomic mass is 10.4. The van der Waals surface area contributed by atoms with Gasteiger partial charge in [0, 0.05) is 25.5 Å². The second kappa shape index (κ2) is 5.01. The number of nitrogens with zero attached hydrogens (tertiary/aromatic N) is 1. The van der Waals surface area contributed by atoms with E-state index in [4.69, 9.17) is 11.6 Å². The number of nitrogens with one attached hydrogen (secondary N) is 1. The zero-order chi connectivity index (χ0) is 9.78. The van der Waals surface area contributed by atoms with E-state index >= 15 is 0 Å². The average Bonchev–Trinajstić information content (AvgIpc) is 1.99. The Kier molecular flexibility index (Phi) is 5.08. The summed E-state index contributed by atoms with van der Waals surface area (Å²) in [6.45, 7) is 3.88. The number of hydrogen-bond acceptors (Lipinski definition) is 2. The van der Waals surface area contributed by atoms with Crippen molar-refractivity contribution >= 4 is 21.8 Å². The van der Waals surface area contributed by atoms with Crippen LogP contribution in [-0.2, 0) is 10.2 Å². The highest BCUT2D eigenvalue weighted by Crippen LogP contribution is 1.99. The van der Waals surface area contributed by atoms with Crippen LogP contribution < -0.4 is 4.72 Å². The van der Waals surface area contributed by atoms with Crippen LogP contribution in [0.4, 0.5) is 0 Å². The molecule has 0 saturated heterocycles. The van der Waals surface area contributed by atoms with Crippen LogP contribution in [0.1, 0.15) is 13.8 Å². The van der Waals surface area contributed by atoms with Gasteiger partial charge in [-0.25, -0.2) is 4.72 Å². The fourth-order valence-electron chi connectivity index (χ4n) is 0.547. The summed E-state index contributed by atoms with van der Waals surface area (Å²) < 4.78 is 26.2. The van der Waals surface area contributed by atoms with Gasteiger partial charge >= 0.3 is 0 Å². The number of rotatable bonds is 5. The molecule has 4 nitrogen and oxygen atoms in total. The van der Waals surface area contributed by atoms with E-state index in [2.05, 4.69) is 4.72 Å². The molecule has 0 aromatic carbocycles. The Balaban J connectivity index is 4.21. The molecule has 0 aliphatic carbocycles. The van der Waals surface area contributed by atoms with Crippen molar-refractivity contribution in [1.82, 2.24) is 9.03 Å². The quantitative estimate of drug-likeness (QED) is 0.674. The van der Waals surface area contributed by atoms with Gasteiger partial charge in [0.05, 0.1) is 0 Å². The van der Waals surface area contributed by atoms with Crippen LogP contribution in [0.25, 0.3) is 0 Å². The normalized spacial score (nSPS) is 12.8. The van der Waals surface area contributed by atoms with Gasteiger partial charge in [-0.3, -0.25) is 0 Å². The van der Waals surface area contributed by atoms with Crippen molar-refractivity contribution in [2.24, 2.45) is 0 Å². The van der Waals surface area contributed by atoms with Gasteiger partial charge in [-0.1, -0.05) is 0 Å². The minimum absolute atomic E-state index is 0.0437. The van der Waals surface area contributed by atoms with Gasteiger partial charge in [0.15, 0.2) is 0 Å². The molecular weight excluding hydrogens is 200 g/mol. The molecular formula is C6H15ClN2O2S. The lowest BCUT2D eigenvalue weighted by molar-refractivity contribution is 0.403. The van der Waals surface area contributed by atoms with Crippen LogP contribution >= 0.6 is 11.6 Å². The zero-order valence-electron chi connectivity index (χ0n) is 7.54. The van der Waals surface area contributed by atoms with E-state index in [1.165, 1.54) is 11.4 Å². The highest BCUT2D eigenvalue weighted by Gasteiger charge is 2.18. The average molecular weight is 215 g/mol. The van der Waals surface area contributed by atoms with Gasteiger partial charge in [0.2, 0.25) is 0 Å². The van der Waals surface area contributed by atoms with Crippen molar-refractivity contribution in [2.45, 2.75) is 19.9 Å². The molecule has 0 fully saturated rings. The maximum absolute atomic E-state index is 11.3. The molecule has 0 unspecified atom stereocenters. The molecule has 0 bridgehead atoms. The third-order valence-electron chi connectivity index (χ3n) is 1.49. The molecule has 74 valence electrons. The van der Waals surface area contributed by atoms with E-state index in [1.54, 1.807) is 13.8 Å². The van der Waals surface area contributed by atoms with Crippen LogP contribution in [0.15, 0.2) is 0 Å². The molecule has 0 aliphatic heterocycles. The van der Waals surface area contributed by atoms with E-state index in [0.29, 0.717) is 0 Å². The van der Waals surface area contributed by atoms with E-state index in [1.807, 2.05) is 0 Å². The molecule has 0 atom stereocenters. The topological polar surface area (TPSA) is 49.4 Å². The SMILES string of the molecule is CC(C)N(C)S(=O)(=O)NCCCl. The van der Waals surface area contributed by atoms with Gasteiger partial charge in [-0.15, -0.1) is 11.6 Å². The Labute approximate surface area is 79.1 Å². The van der Waals surface area contributed by atoms with Crippen molar-refractivity contribution in [3.8, 4) is 0 Å². The predicted molar refractivity (Wildman–Crippen MR) is 50.5 cm³/mol. The Morgan fingerprint density at radius 3 is 2.33 bits per heavy atom. The first-order valence-electron chi connectivity index (χ1n) is 3.70. The summed E-state index contributed by atoms with van der Waals surface area (Å²) in [4.78, 5) is 0. The van der Waals surface area contributed by atoms with Crippen LogP contribution in [-0.4, -0.2) is 38.2 Å². The van der Waals surface area contributed by atoms with E-state index < -0.39 is 10.2 Å². The molecule has 0 aliphatic rings. The van der Waals surface area contributed by atoms with Gasteiger partial charge in [-0.2, -0.15) is 12.7 Å². The Hall–Kier alpha value is 0.160. The molecule has 0 spiro atoms. The highest BCUT2D eigenvalue weighted by atomic mass is 35.5. The summed E-state index contributed by atoms with van der Waals surface area (Å²) in [5.41, 5.74) is 0. The first-order valence-corrected chi connectivity index (χ1v) is 5.68. The van der Waals surface area contributed by atoms with Crippen molar-refractivity contribution < 1.29 is 8.42 Å². The maximum Gasteiger partial charge on any atom is 0.279 e. The van der Waals surface area contributed by atoms with Gasteiger partial charge in [0.25, 0.3) is 10.2 Å². The molecule has 0 saturated carbocycles. The van der Waals surface area contributed by atoms with Gasteiger partial charge in [0.1, 0.15) is 0 Å². The van der Waals surface area contributed by atoms with E-state index in [0.717, 1.165) is 0 Å². The van der Waals surface area contributed by atoms with E-state index in [-0.39, 0.29) is 18.5 Å². The van der Waals surface area contributed by atoms with Gasteiger partial charge in [-0.05, 0) is 13.8 Å². The summed E-state index contributed by atoms with van der Waals surface area (Å²) in [5.74, 6) is 0.283. The molecule has 12 heavy (non-hydrogen) atoms. The second-order valence-electron chi connectivity index (χ2n) is 2.70. The molecule has 0 radical (unpaired) electrons. The molecule has 0 rings (SSSR count). The Morgan fingerprint density at radius 1 is 1.50 bits per heavy atom. The van der Waals surface area contributed by atoms with Crippen molar-refractivity contribution in [3.63, 3.8) is 0 Å².